The zero-order valence-corrected chi connectivity index (χ0v) is 9.55. The van der Waals surface area contributed by atoms with Gasteiger partial charge in [-0.05, 0) is 13.0 Å². The van der Waals surface area contributed by atoms with Crippen molar-refractivity contribution < 1.29 is 9.31 Å². The Hall–Kier alpha value is -1.54. The molecule has 84 valence electrons. The maximum absolute atomic E-state index is 13.1. The molecule has 5 heteroatoms. The van der Waals surface area contributed by atoms with E-state index < -0.39 is 10.7 Å². The molecule has 0 radical (unpaired) electrons. The van der Waals surface area contributed by atoms with Crippen LogP contribution in [0, 0.1) is 34.7 Å². The van der Waals surface area contributed by atoms with E-state index in [0.29, 0.717) is 23.3 Å². The van der Waals surface area contributed by atoms with Crippen LogP contribution in [0.25, 0.3) is 0 Å². The van der Waals surface area contributed by atoms with Crippen LogP contribution in [-0.2, 0) is 0 Å². The Morgan fingerprint density at radius 3 is 2.81 bits per heavy atom. The monoisotopic (exact) mass is 239 g/mol. The molecule has 0 heterocycles. The third-order valence-electron chi connectivity index (χ3n) is 2.00. The molecule has 1 rings (SSSR count). The van der Waals surface area contributed by atoms with Crippen LogP contribution in [0.5, 0.6) is 0 Å². The fraction of sp³-hybridized carbons (Fsp3) is 0.273. The summed E-state index contributed by atoms with van der Waals surface area (Å²) in [4.78, 5) is 10.0. The Labute approximate surface area is 98.2 Å². The lowest BCUT2D eigenvalue weighted by Gasteiger charge is -2.00. The number of hydrogen-bond donors (Lipinski definition) is 1. The fourth-order valence-electron chi connectivity index (χ4n) is 1.20. The van der Waals surface area contributed by atoms with E-state index in [1.807, 2.05) is 0 Å². The SMILES string of the molecule is Cc1c(C#CCCS)cc(F)cc1[N+](=O)[O-]. The average molecular weight is 239 g/mol. The predicted octanol–water partition coefficient (Wildman–Crippen LogP) is 2.71. The molecule has 0 amide bonds. The minimum Gasteiger partial charge on any atom is -0.258 e. The molecule has 3 nitrogen and oxygen atoms in total. The van der Waals surface area contributed by atoms with Crippen molar-refractivity contribution in [3.8, 4) is 11.8 Å². The van der Waals surface area contributed by atoms with Crippen molar-refractivity contribution in [2.45, 2.75) is 13.3 Å². The Morgan fingerprint density at radius 1 is 1.56 bits per heavy atom. The second kappa shape index (κ2) is 5.52. The van der Waals surface area contributed by atoms with Crippen LogP contribution in [0.15, 0.2) is 12.1 Å². The van der Waals surface area contributed by atoms with E-state index in [0.717, 1.165) is 6.07 Å². The average Bonchev–Trinajstić information content (AvgIpc) is 2.22. The maximum Gasteiger partial charge on any atom is 0.276 e. The van der Waals surface area contributed by atoms with Crippen molar-refractivity contribution in [3.05, 3.63) is 39.2 Å². The third kappa shape index (κ3) is 2.97. The number of thiol groups is 1. The Kier molecular flexibility index (Phi) is 4.32. The molecule has 16 heavy (non-hydrogen) atoms. The molecule has 0 aliphatic rings. The lowest BCUT2D eigenvalue weighted by molar-refractivity contribution is -0.385. The number of nitro groups is 1. The van der Waals surface area contributed by atoms with Crippen LogP contribution in [0.2, 0.25) is 0 Å². The number of benzene rings is 1. The molecule has 0 aliphatic heterocycles. The van der Waals surface area contributed by atoms with E-state index in [9.17, 15) is 14.5 Å². The van der Waals surface area contributed by atoms with E-state index in [-0.39, 0.29) is 5.69 Å². The number of halogens is 1. The molecule has 0 aliphatic carbocycles. The minimum absolute atomic E-state index is 0.241. The van der Waals surface area contributed by atoms with Crippen LogP contribution in [0.4, 0.5) is 10.1 Å². The van der Waals surface area contributed by atoms with E-state index in [1.165, 1.54) is 6.07 Å². The molecule has 0 atom stereocenters. The van der Waals surface area contributed by atoms with Gasteiger partial charge in [-0.2, -0.15) is 12.6 Å². The summed E-state index contributed by atoms with van der Waals surface area (Å²) >= 11 is 3.98. The smallest absolute Gasteiger partial charge is 0.258 e. The summed E-state index contributed by atoms with van der Waals surface area (Å²) in [6.07, 6.45) is 0.562. The first kappa shape index (κ1) is 12.5. The van der Waals surface area contributed by atoms with Gasteiger partial charge in [-0.3, -0.25) is 10.1 Å². The van der Waals surface area contributed by atoms with Crippen LogP contribution >= 0.6 is 12.6 Å². The first-order valence-corrected chi connectivity index (χ1v) is 5.23. The van der Waals surface area contributed by atoms with Gasteiger partial charge in [0.05, 0.1) is 11.0 Å². The van der Waals surface area contributed by atoms with Crippen molar-refractivity contribution in [2.75, 3.05) is 5.75 Å². The van der Waals surface area contributed by atoms with Crippen molar-refractivity contribution >= 4 is 18.3 Å². The van der Waals surface area contributed by atoms with Crippen molar-refractivity contribution in [1.29, 1.82) is 0 Å². The molecule has 0 aromatic heterocycles. The molecular formula is C11H10FNO2S. The summed E-state index contributed by atoms with van der Waals surface area (Å²) in [6, 6.07) is 2.10. The highest BCUT2D eigenvalue weighted by Crippen LogP contribution is 2.22. The minimum atomic E-state index is -0.646. The van der Waals surface area contributed by atoms with Crippen LogP contribution < -0.4 is 0 Å². The standard InChI is InChI=1S/C11H10FNO2S/c1-8-9(4-2-3-5-16)6-10(12)7-11(8)13(14)15/h6-7,16H,3,5H2,1H3. The fourth-order valence-corrected chi connectivity index (χ4v) is 1.31. The highest BCUT2D eigenvalue weighted by Gasteiger charge is 2.15. The Balaban J connectivity index is 3.21. The lowest BCUT2D eigenvalue weighted by atomic mass is 10.1. The van der Waals surface area contributed by atoms with Gasteiger partial charge in [0.25, 0.3) is 5.69 Å². The van der Waals surface area contributed by atoms with Gasteiger partial charge in [0.2, 0.25) is 0 Å². The number of hydrogen-bond acceptors (Lipinski definition) is 3. The number of nitrogens with zero attached hydrogens (tertiary/aromatic N) is 1. The quantitative estimate of drug-likeness (QED) is 0.373. The summed E-state index contributed by atoms with van der Waals surface area (Å²) in [5.41, 5.74) is 0.502. The van der Waals surface area contributed by atoms with E-state index >= 15 is 0 Å². The maximum atomic E-state index is 13.1. The van der Waals surface area contributed by atoms with Gasteiger partial charge in [0.1, 0.15) is 5.82 Å². The van der Waals surface area contributed by atoms with Crippen LogP contribution in [-0.4, -0.2) is 10.7 Å². The second-order valence-electron chi connectivity index (χ2n) is 3.13. The summed E-state index contributed by atoms with van der Waals surface area (Å²) < 4.78 is 13.1. The molecule has 0 spiro atoms. The van der Waals surface area contributed by atoms with E-state index in [1.54, 1.807) is 6.92 Å². The van der Waals surface area contributed by atoms with Gasteiger partial charge in [0.15, 0.2) is 0 Å². The van der Waals surface area contributed by atoms with Gasteiger partial charge in [-0.1, -0.05) is 11.8 Å². The summed E-state index contributed by atoms with van der Waals surface area (Å²) in [5.74, 6) is 5.43. The molecule has 0 bridgehead atoms. The van der Waals surface area contributed by atoms with Gasteiger partial charge in [-0.25, -0.2) is 4.39 Å². The van der Waals surface area contributed by atoms with Crippen LogP contribution in [0.1, 0.15) is 17.5 Å². The summed E-state index contributed by atoms with van der Waals surface area (Å²) in [6.45, 7) is 1.56. The predicted molar refractivity (Wildman–Crippen MR) is 63.1 cm³/mol. The van der Waals surface area contributed by atoms with Crippen molar-refractivity contribution in [2.24, 2.45) is 0 Å². The Morgan fingerprint density at radius 2 is 2.25 bits per heavy atom. The van der Waals surface area contributed by atoms with Gasteiger partial charge in [-0.15, -0.1) is 0 Å². The summed E-state index contributed by atoms with van der Waals surface area (Å²) in [5, 5.41) is 10.6. The zero-order valence-electron chi connectivity index (χ0n) is 8.66. The third-order valence-corrected chi connectivity index (χ3v) is 2.23. The second-order valence-corrected chi connectivity index (χ2v) is 3.58. The van der Waals surface area contributed by atoms with Gasteiger partial charge < -0.3 is 0 Å². The highest BCUT2D eigenvalue weighted by atomic mass is 32.1. The lowest BCUT2D eigenvalue weighted by Crippen LogP contribution is -1.96. The highest BCUT2D eigenvalue weighted by molar-refractivity contribution is 7.80. The Bertz CT molecular complexity index is 477. The first-order valence-electron chi connectivity index (χ1n) is 4.60. The normalized spacial score (nSPS) is 9.44. The topological polar surface area (TPSA) is 43.1 Å². The molecule has 0 fully saturated rings. The largest absolute Gasteiger partial charge is 0.276 e. The molecule has 0 unspecified atom stereocenters. The zero-order chi connectivity index (χ0) is 12.1. The molecular weight excluding hydrogens is 229 g/mol. The van der Waals surface area contributed by atoms with E-state index in [2.05, 4.69) is 24.5 Å². The molecule has 0 saturated carbocycles. The molecule has 1 aromatic rings. The molecule has 0 N–H and O–H groups in total. The van der Waals surface area contributed by atoms with Gasteiger partial charge >= 0.3 is 0 Å². The summed E-state index contributed by atoms with van der Waals surface area (Å²) in [7, 11) is 0. The van der Waals surface area contributed by atoms with Crippen molar-refractivity contribution in [3.63, 3.8) is 0 Å². The van der Waals surface area contributed by atoms with E-state index in [4.69, 9.17) is 0 Å². The number of rotatable bonds is 2. The number of nitro benzene ring substituents is 1. The van der Waals surface area contributed by atoms with Gasteiger partial charge in [0, 0.05) is 23.3 Å². The van der Waals surface area contributed by atoms with Crippen molar-refractivity contribution in [1.82, 2.24) is 0 Å². The first-order chi connectivity index (χ1) is 7.56. The molecule has 1 aromatic carbocycles. The van der Waals surface area contributed by atoms with Crippen LogP contribution in [0.3, 0.4) is 0 Å². The molecule has 0 saturated heterocycles.